The molecular formula is C14H17NO4. The highest BCUT2D eigenvalue weighted by Crippen LogP contribution is 2.30. The van der Waals surface area contributed by atoms with E-state index in [0.29, 0.717) is 30.9 Å². The fourth-order valence-electron chi connectivity index (χ4n) is 1.89. The summed E-state index contributed by atoms with van der Waals surface area (Å²) in [7, 11) is 0. The molecule has 0 fully saturated rings. The molecule has 2 rings (SSSR count). The lowest BCUT2D eigenvalue weighted by molar-refractivity contribution is -0.143. The minimum Gasteiger partial charge on any atom is -0.479 e. The summed E-state index contributed by atoms with van der Waals surface area (Å²) < 4.78 is 10.3. The molecule has 0 aliphatic carbocycles. The van der Waals surface area contributed by atoms with Gasteiger partial charge in [0.05, 0.1) is 12.3 Å². The third-order valence-electron chi connectivity index (χ3n) is 2.90. The molecule has 0 bridgehead atoms. The third-order valence-corrected chi connectivity index (χ3v) is 2.90. The molecule has 19 heavy (non-hydrogen) atoms. The van der Waals surface area contributed by atoms with E-state index in [4.69, 9.17) is 9.47 Å². The van der Waals surface area contributed by atoms with Gasteiger partial charge in [0.25, 0.3) is 5.91 Å². The van der Waals surface area contributed by atoms with Crippen LogP contribution in [0.3, 0.4) is 0 Å². The second kappa shape index (κ2) is 5.73. The Hall–Kier alpha value is -2.04. The van der Waals surface area contributed by atoms with Gasteiger partial charge in [0.2, 0.25) is 0 Å². The smallest absolute Gasteiger partial charge is 0.306 e. The highest BCUT2D eigenvalue weighted by atomic mass is 16.5. The van der Waals surface area contributed by atoms with Crippen molar-refractivity contribution in [3.8, 4) is 5.75 Å². The fourth-order valence-corrected chi connectivity index (χ4v) is 1.89. The Morgan fingerprint density at radius 2 is 2.26 bits per heavy atom. The van der Waals surface area contributed by atoms with Crippen molar-refractivity contribution in [3.63, 3.8) is 0 Å². The lowest BCUT2D eigenvalue weighted by atomic mass is 10.1. The number of amides is 1. The molecule has 0 aromatic heterocycles. The van der Waals surface area contributed by atoms with Crippen LogP contribution in [0.5, 0.6) is 5.75 Å². The van der Waals surface area contributed by atoms with Crippen molar-refractivity contribution in [1.29, 1.82) is 0 Å². The molecule has 1 unspecified atom stereocenters. The molecule has 1 aromatic rings. The number of carbonyl (C=O) groups is 2. The van der Waals surface area contributed by atoms with Gasteiger partial charge in [-0.25, -0.2) is 0 Å². The summed E-state index contributed by atoms with van der Waals surface area (Å²) >= 11 is 0. The van der Waals surface area contributed by atoms with Gasteiger partial charge in [-0.05, 0) is 38.0 Å². The standard InChI is InChI=1S/C14H17NO4/c1-3-18-13(16)7-5-10-4-6-12-11(8-10)15-14(17)9(2)19-12/h4,6,8-9H,3,5,7H2,1-2H3,(H,15,17). The highest BCUT2D eigenvalue weighted by Gasteiger charge is 2.23. The molecule has 5 nitrogen and oxygen atoms in total. The Labute approximate surface area is 111 Å². The van der Waals surface area contributed by atoms with E-state index in [9.17, 15) is 9.59 Å². The Morgan fingerprint density at radius 1 is 1.47 bits per heavy atom. The molecule has 5 heteroatoms. The molecule has 0 spiro atoms. The second-order valence-corrected chi connectivity index (χ2v) is 4.38. The van der Waals surface area contributed by atoms with Gasteiger partial charge in [-0.15, -0.1) is 0 Å². The number of benzene rings is 1. The number of ether oxygens (including phenoxy) is 2. The summed E-state index contributed by atoms with van der Waals surface area (Å²) in [5.41, 5.74) is 1.62. The molecule has 1 N–H and O–H groups in total. The number of hydrogen-bond donors (Lipinski definition) is 1. The average Bonchev–Trinajstić information content (AvgIpc) is 2.38. The molecule has 1 amide bonds. The van der Waals surface area contributed by atoms with Crippen molar-refractivity contribution in [3.05, 3.63) is 23.8 Å². The van der Waals surface area contributed by atoms with Crippen LogP contribution in [0.25, 0.3) is 0 Å². The minimum atomic E-state index is -0.474. The fraction of sp³-hybridized carbons (Fsp3) is 0.429. The molecule has 1 atom stereocenters. The number of aryl methyl sites for hydroxylation is 1. The molecule has 1 aromatic carbocycles. The first-order valence-electron chi connectivity index (χ1n) is 6.36. The number of hydrogen-bond acceptors (Lipinski definition) is 4. The maximum atomic E-state index is 11.5. The first-order chi connectivity index (χ1) is 9.10. The normalized spacial score (nSPS) is 17.2. The van der Waals surface area contributed by atoms with Gasteiger partial charge in [0, 0.05) is 6.42 Å². The van der Waals surface area contributed by atoms with Gasteiger partial charge in [-0.2, -0.15) is 0 Å². The quantitative estimate of drug-likeness (QED) is 0.843. The minimum absolute atomic E-state index is 0.157. The van der Waals surface area contributed by atoms with Crippen LogP contribution in [0, 0.1) is 0 Å². The van der Waals surface area contributed by atoms with Crippen LogP contribution < -0.4 is 10.1 Å². The molecule has 0 radical (unpaired) electrons. The van der Waals surface area contributed by atoms with Crippen LogP contribution in [0.1, 0.15) is 25.8 Å². The maximum absolute atomic E-state index is 11.5. The zero-order valence-corrected chi connectivity index (χ0v) is 11.1. The summed E-state index contributed by atoms with van der Waals surface area (Å²) in [6, 6.07) is 5.53. The van der Waals surface area contributed by atoms with Crippen LogP contribution in [0.2, 0.25) is 0 Å². The lowest BCUT2D eigenvalue weighted by Crippen LogP contribution is -2.34. The summed E-state index contributed by atoms with van der Waals surface area (Å²) in [6.45, 7) is 3.88. The van der Waals surface area contributed by atoms with Crippen molar-refractivity contribution in [1.82, 2.24) is 0 Å². The monoisotopic (exact) mass is 263 g/mol. The SMILES string of the molecule is CCOC(=O)CCc1ccc2c(c1)NC(=O)C(C)O2. The Morgan fingerprint density at radius 3 is 3.00 bits per heavy atom. The van der Waals surface area contributed by atoms with Gasteiger partial charge < -0.3 is 14.8 Å². The number of nitrogens with one attached hydrogen (secondary N) is 1. The van der Waals surface area contributed by atoms with Crippen LogP contribution in [-0.4, -0.2) is 24.6 Å². The summed E-state index contributed by atoms with van der Waals surface area (Å²) in [5, 5.41) is 2.78. The number of rotatable bonds is 4. The summed E-state index contributed by atoms with van der Waals surface area (Å²) in [4.78, 5) is 22.8. The first-order valence-corrected chi connectivity index (χ1v) is 6.36. The molecule has 1 aliphatic rings. The van der Waals surface area contributed by atoms with Crippen molar-refractivity contribution >= 4 is 17.6 Å². The van der Waals surface area contributed by atoms with Crippen molar-refractivity contribution < 1.29 is 19.1 Å². The topological polar surface area (TPSA) is 64.6 Å². The van der Waals surface area contributed by atoms with E-state index in [1.807, 2.05) is 18.2 Å². The first kappa shape index (κ1) is 13.4. The maximum Gasteiger partial charge on any atom is 0.306 e. The van der Waals surface area contributed by atoms with E-state index in [1.165, 1.54) is 0 Å². The van der Waals surface area contributed by atoms with E-state index in [0.717, 1.165) is 5.56 Å². The van der Waals surface area contributed by atoms with Crippen LogP contribution in [0.15, 0.2) is 18.2 Å². The number of esters is 1. The lowest BCUT2D eigenvalue weighted by Gasteiger charge is -2.23. The van der Waals surface area contributed by atoms with Gasteiger partial charge >= 0.3 is 5.97 Å². The van der Waals surface area contributed by atoms with E-state index >= 15 is 0 Å². The van der Waals surface area contributed by atoms with Crippen molar-refractivity contribution in [2.24, 2.45) is 0 Å². The second-order valence-electron chi connectivity index (χ2n) is 4.38. The van der Waals surface area contributed by atoms with Gasteiger partial charge in [-0.3, -0.25) is 9.59 Å². The van der Waals surface area contributed by atoms with Crippen molar-refractivity contribution in [2.45, 2.75) is 32.8 Å². The van der Waals surface area contributed by atoms with E-state index < -0.39 is 6.10 Å². The van der Waals surface area contributed by atoms with Crippen LogP contribution in [0.4, 0.5) is 5.69 Å². The number of anilines is 1. The molecule has 0 saturated carbocycles. The van der Waals surface area contributed by atoms with Crippen LogP contribution in [-0.2, 0) is 20.7 Å². The van der Waals surface area contributed by atoms with E-state index in [-0.39, 0.29) is 11.9 Å². The molecule has 0 saturated heterocycles. The van der Waals surface area contributed by atoms with Gasteiger partial charge in [0.15, 0.2) is 6.10 Å². The molecule has 102 valence electrons. The van der Waals surface area contributed by atoms with E-state index in [2.05, 4.69) is 5.32 Å². The van der Waals surface area contributed by atoms with Gasteiger partial charge in [0.1, 0.15) is 5.75 Å². The zero-order chi connectivity index (χ0) is 13.8. The highest BCUT2D eigenvalue weighted by molar-refractivity contribution is 5.97. The van der Waals surface area contributed by atoms with Gasteiger partial charge in [-0.1, -0.05) is 6.07 Å². The number of carbonyl (C=O) groups excluding carboxylic acids is 2. The van der Waals surface area contributed by atoms with E-state index in [1.54, 1.807) is 13.8 Å². The Kier molecular flexibility index (Phi) is 4.04. The largest absolute Gasteiger partial charge is 0.479 e. The molecular weight excluding hydrogens is 246 g/mol. The van der Waals surface area contributed by atoms with Crippen LogP contribution >= 0.6 is 0 Å². The summed E-state index contributed by atoms with van der Waals surface area (Å²) in [5.74, 6) is 0.288. The average molecular weight is 263 g/mol. The van der Waals surface area contributed by atoms with Crippen molar-refractivity contribution in [2.75, 3.05) is 11.9 Å². The zero-order valence-electron chi connectivity index (χ0n) is 11.1. The Bertz CT molecular complexity index is 498. The molecule has 1 aliphatic heterocycles. The number of fused-ring (bicyclic) bond motifs is 1. The predicted octanol–water partition coefficient (Wildman–Crippen LogP) is 1.90. The third kappa shape index (κ3) is 3.24. The molecule has 1 heterocycles. The summed E-state index contributed by atoms with van der Waals surface area (Å²) in [6.07, 6.45) is 0.438. The predicted molar refractivity (Wildman–Crippen MR) is 70.1 cm³/mol. The Balaban J connectivity index is 2.03.